The number of nitrogens with zero attached hydrogens (tertiary/aromatic N) is 1. The highest BCUT2D eigenvalue weighted by Crippen LogP contribution is 2.34. The van der Waals surface area contributed by atoms with E-state index in [1.54, 1.807) is 13.2 Å². The maximum atomic E-state index is 14.6. The number of hydrogen-bond acceptors (Lipinski definition) is 4. The molecule has 0 atom stereocenters. The van der Waals surface area contributed by atoms with Crippen molar-refractivity contribution in [2.24, 2.45) is 10.4 Å². The van der Waals surface area contributed by atoms with Crippen LogP contribution in [0.25, 0.3) is 0 Å². The van der Waals surface area contributed by atoms with Crippen LogP contribution in [0.5, 0.6) is 5.75 Å². The molecular formula is C20H22BrFN2OS. The predicted molar refractivity (Wildman–Crippen MR) is 110 cm³/mol. The van der Waals surface area contributed by atoms with Crippen LogP contribution in [0.2, 0.25) is 0 Å². The molecule has 2 aromatic carbocycles. The molecule has 0 saturated heterocycles. The van der Waals surface area contributed by atoms with E-state index in [1.807, 2.05) is 24.3 Å². The molecule has 0 unspecified atom stereocenters. The zero-order valence-corrected chi connectivity index (χ0v) is 17.5. The molecular weight excluding hydrogens is 415 g/mol. The minimum atomic E-state index is -0.226. The van der Waals surface area contributed by atoms with Crippen LogP contribution in [-0.4, -0.2) is 26.0 Å². The molecule has 138 valence electrons. The number of thioether (sulfide) groups is 1. The fourth-order valence-corrected chi connectivity index (χ4v) is 4.22. The van der Waals surface area contributed by atoms with Crippen molar-refractivity contribution in [2.45, 2.75) is 24.5 Å². The molecule has 0 radical (unpaired) electrons. The number of halogens is 2. The number of hydrogen-bond donors (Lipinski definition) is 1. The zero-order chi connectivity index (χ0) is 18.7. The Labute approximate surface area is 166 Å². The molecule has 0 spiro atoms. The standard InChI is InChI=1S/C20H22BrFN2OS/c1-20(2)11-23-19(24-12-20)15-5-4-6-16(22)18(15)26-10-13-9-14(21)7-8-17(13)25-3/h4-9H,10-12H2,1-3H3,(H,23,24). The first-order valence-electron chi connectivity index (χ1n) is 8.42. The Kier molecular flexibility index (Phi) is 5.92. The number of aliphatic imine (C=N–C) groups is 1. The van der Waals surface area contributed by atoms with Crippen LogP contribution in [-0.2, 0) is 5.75 Å². The van der Waals surface area contributed by atoms with Gasteiger partial charge in [-0.1, -0.05) is 35.8 Å². The molecule has 1 N–H and O–H groups in total. The quantitative estimate of drug-likeness (QED) is 0.648. The first-order valence-corrected chi connectivity index (χ1v) is 10.2. The molecule has 1 aliphatic heterocycles. The van der Waals surface area contributed by atoms with Crippen molar-refractivity contribution >= 4 is 33.5 Å². The van der Waals surface area contributed by atoms with Crippen LogP contribution in [0.15, 0.2) is 50.8 Å². The van der Waals surface area contributed by atoms with Crippen molar-refractivity contribution < 1.29 is 9.13 Å². The minimum Gasteiger partial charge on any atom is -0.496 e. The zero-order valence-electron chi connectivity index (χ0n) is 15.1. The normalized spacial score (nSPS) is 16.0. The lowest BCUT2D eigenvalue weighted by atomic mass is 9.92. The second-order valence-corrected chi connectivity index (χ2v) is 8.95. The summed E-state index contributed by atoms with van der Waals surface area (Å²) in [7, 11) is 1.65. The third-order valence-corrected chi connectivity index (χ3v) is 5.89. The van der Waals surface area contributed by atoms with E-state index in [2.05, 4.69) is 40.1 Å². The fourth-order valence-electron chi connectivity index (χ4n) is 2.76. The Bertz CT molecular complexity index is 839. The molecule has 0 bridgehead atoms. The summed E-state index contributed by atoms with van der Waals surface area (Å²) < 4.78 is 21.0. The van der Waals surface area contributed by atoms with Crippen molar-refractivity contribution in [3.63, 3.8) is 0 Å². The van der Waals surface area contributed by atoms with Crippen molar-refractivity contribution in [1.29, 1.82) is 0 Å². The Morgan fingerprint density at radius 3 is 2.81 bits per heavy atom. The number of benzene rings is 2. The van der Waals surface area contributed by atoms with Gasteiger partial charge in [0, 0.05) is 39.9 Å². The molecule has 3 nitrogen and oxygen atoms in total. The Hall–Kier alpha value is -1.53. The number of ether oxygens (including phenoxy) is 1. The summed E-state index contributed by atoms with van der Waals surface area (Å²) >= 11 is 4.95. The second-order valence-electron chi connectivity index (χ2n) is 7.04. The van der Waals surface area contributed by atoms with E-state index in [0.717, 1.165) is 40.3 Å². The molecule has 2 aromatic rings. The van der Waals surface area contributed by atoms with Crippen molar-refractivity contribution in [3.05, 3.63) is 57.8 Å². The fraction of sp³-hybridized carbons (Fsp3) is 0.350. The highest BCUT2D eigenvalue weighted by molar-refractivity contribution is 9.10. The smallest absolute Gasteiger partial charge is 0.137 e. The largest absolute Gasteiger partial charge is 0.496 e. The number of rotatable bonds is 5. The van der Waals surface area contributed by atoms with E-state index < -0.39 is 0 Å². The van der Waals surface area contributed by atoms with Crippen molar-refractivity contribution in [1.82, 2.24) is 5.32 Å². The summed E-state index contributed by atoms with van der Waals surface area (Å²) in [5.41, 5.74) is 1.95. The summed E-state index contributed by atoms with van der Waals surface area (Å²) in [5.74, 6) is 1.95. The van der Waals surface area contributed by atoms with E-state index in [-0.39, 0.29) is 11.2 Å². The summed E-state index contributed by atoms with van der Waals surface area (Å²) in [5, 5.41) is 3.36. The summed E-state index contributed by atoms with van der Waals surface area (Å²) in [6.07, 6.45) is 0. The van der Waals surface area contributed by atoms with E-state index in [0.29, 0.717) is 10.6 Å². The van der Waals surface area contributed by atoms with Gasteiger partial charge in [-0.25, -0.2) is 4.39 Å². The Balaban J connectivity index is 1.87. The summed E-state index contributed by atoms with van der Waals surface area (Å²) in [4.78, 5) is 5.26. The summed E-state index contributed by atoms with van der Waals surface area (Å²) in [6, 6.07) is 11.0. The predicted octanol–water partition coefficient (Wildman–Crippen LogP) is 5.27. The van der Waals surface area contributed by atoms with Crippen LogP contribution < -0.4 is 10.1 Å². The van der Waals surface area contributed by atoms with Crippen molar-refractivity contribution in [2.75, 3.05) is 20.2 Å². The van der Waals surface area contributed by atoms with Gasteiger partial charge >= 0.3 is 0 Å². The van der Waals surface area contributed by atoms with Crippen LogP contribution in [0.3, 0.4) is 0 Å². The second kappa shape index (κ2) is 8.01. The van der Waals surface area contributed by atoms with Gasteiger partial charge in [-0.2, -0.15) is 0 Å². The molecule has 0 aromatic heterocycles. The highest BCUT2D eigenvalue weighted by atomic mass is 79.9. The Morgan fingerprint density at radius 2 is 2.12 bits per heavy atom. The van der Waals surface area contributed by atoms with Gasteiger partial charge in [0.05, 0.1) is 12.0 Å². The van der Waals surface area contributed by atoms with Gasteiger partial charge in [-0.15, -0.1) is 11.8 Å². The maximum Gasteiger partial charge on any atom is 0.137 e. The Morgan fingerprint density at radius 1 is 1.31 bits per heavy atom. The minimum absolute atomic E-state index is 0.119. The van der Waals surface area contributed by atoms with E-state index in [9.17, 15) is 4.39 Å². The van der Waals surface area contributed by atoms with Gasteiger partial charge in [0.2, 0.25) is 0 Å². The van der Waals surface area contributed by atoms with E-state index >= 15 is 0 Å². The molecule has 1 aliphatic rings. The maximum absolute atomic E-state index is 14.6. The average Bonchev–Trinajstić information content (AvgIpc) is 2.61. The lowest BCUT2D eigenvalue weighted by Gasteiger charge is -2.29. The van der Waals surface area contributed by atoms with Gasteiger partial charge in [-0.3, -0.25) is 4.99 Å². The number of nitrogens with one attached hydrogen (secondary N) is 1. The summed E-state index contributed by atoms with van der Waals surface area (Å²) in [6.45, 7) is 5.89. The van der Waals surface area contributed by atoms with Crippen LogP contribution in [0, 0.1) is 11.2 Å². The van der Waals surface area contributed by atoms with E-state index in [4.69, 9.17) is 4.74 Å². The first kappa shape index (κ1) is 19.2. The highest BCUT2D eigenvalue weighted by Gasteiger charge is 2.24. The topological polar surface area (TPSA) is 33.6 Å². The third-order valence-electron chi connectivity index (χ3n) is 4.24. The third kappa shape index (κ3) is 4.41. The molecule has 0 amide bonds. The van der Waals surface area contributed by atoms with Crippen LogP contribution in [0.1, 0.15) is 25.0 Å². The lowest BCUT2D eigenvalue weighted by molar-refractivity contribution is 0.362. The number of methoxy groups -OCH3 is 1. The van der Waals surface area contributed by atoms with Gasteiger partial charge in [0.1, 0.15) is 17.4 Å². The molecule has 1 heterocycles. The van der Waals surface area contributed by atoms with Crippen molar-refractivity contribution in [3.8, 4) is 5.75 Å². The molecule has 0 fully saturated rings. The first-order chi connectivity index (χ1) is 12.4. The molecule has 0 saturated carbocycles. The molecule has 0 aliphatic carbocycles. The van der Waals surface area contributed by atoms with E-state index in [1.165, 1.54) is 17.8 Å². The molecule has 3 rings (SSSR count). The molecule has 26 heavy (non-hydrogen) atoms. The van der Waals surface area contributed by atoms with Gasteiger partial charge in [0.15, 0.2) is 0 Å². The molecule has 6 heteroatoms. The van der Waals surface area contributed by atoms with Gasteiger partial charge in [0.25, 0.3) is 0 Å². The van der Waals surface area contributed by atoms with Gasteiger partial charge < -0.3 is 10.1 Å². The monoisotopic (exact) mass is 436 g/mol. The SMILES string of the molecule is COc1ccc(Br)cc1CSc1c(F)cccc1C1=NCC(C)(C)CN1. The van der Waals surface area contributed by atoms with Crippen LogP contribution in [0.4, 0.5) is 4.39 Å². The average molecular weight is 437 g/mol. The number of amidine groups is 1. The lowest BCUT2D eigenvalue weighted by Crippen LogP contribution is -2.41. The van der Waals surface area contributed by atoms with Crippen LogP contribution >= 0.6 is 27.7 Å². The van der Waals surface area contributed by atoms with Gasteiger partial charge in [-0.05, 0) is 30.3 Å².